The van der Waals surface area contributed by atoms with Crippen LogP contribution in [-0.2, 0) is 0 Å². The summed E-state index contributed by atoms with van der Waals surface area (Å²) < 4.78 is 0. The molecule has 0 saturated carbocycles. The molecule has 0 atom stereocenters. The highest BCUT2D eigenvalue weighted by atomic mass is 15.6. The van der Waals surface area contributed by atoms with E-state index in [0.29, 0.717) is 0 Å². The predicted octanol–water partition coefficient (Wildman–Crippen LogP) is 2.00. The minimum absolute atomic E-state index is 0.0690. The van der Waals surface area contributed by atoms with Crippen LogP contribution < -0.4 is 0 Å². The molecule has 0 spiro atoms. The molecule has 3 nitrogen and oxygen atoms in total. The summed E-state index contributed by atoms with van der Waals surface area (Å²) >= 11 is 0. The quantitative estimate of drug-likeness (QED) is 0.609. The van der Waals surface area contributed by atoms with Crippen LogP contribution in [0.4, 0.5) is 0 Å². The second kappa shape index (κ2) is 3.19. The second-order valence-electron chi connectivity index (χ2n) is 6.16. The molecule has 0 N–H and O–H groups in total. The second-order valence-corrected chi connectivity index (χ2v) is 6.16. The van der Waals surface area contributed by atoms with Crippen LogP contribution in [0.3, 0.4) is 0 Å². The van der Waals surface area contributed by atoms with E-state index in [2.05, 4.69) is 77.4 Å². The molecular weight excluding hydrogens is 186 g/mol. The molecule has 0 amide bonds. The van der Waals surface area contributed by atoms with E-state index in [1.165, 1.54) is 0 Å². The molecule has 1 aliphatic rings. The van der Waals surface area contributed by atoms with Crippen molar-refractivity contribution in [1.29, 1.82) is 0 Å². The summed E-state index contributed by atoms with van der Waals surface area (Å²) in [6, 6.07) is 0. The maximum absolute atomic E-state index is 2.42. The minimum atomic E-state index is 0.0690. The lowest BCUT2D eigenvalue weighted by Crippen LogP contribution is -2.80. The molecule has 3 heteroatoms. The Hall–Kier alpha value is -0.120. The molecule has 15 heavy (non-hydrogen) atoms. The van der Waals surface area contributed by atoms with E-state index in [0.717, 1.165) is 0 Å². The first-order chi connectivity index (χ1) is 6.46. The lowest BCUT2D eigenvalue weighted by Gasteiger charge is -2.67. The number of rotatable bonds is 0. The van der Waals surface area contributed by atoms with E-state index in [-0.39, 0.29) is 17.0 Å². The van der Waals surface area contributed by atoms with Crippen molar-refractivity contribution in [2.24, 2.45) is 0 Å². The van der Waals surface area contributed by atoms with Gasteiger partial charge in [-0.1, -0.05) is 0 Å². The molecule has 0 aliphatic carbocycles. The number of nitrogens with zero attached hydrogens (tertiary/aromatic N) is 3. The molecule has 0 radical (unpaired) electrons. The van der Waals surface area contributed by atoms with Gasteiger partial charge in [0.1, 0.15) is 0 Å². The largest absolute Gasteiger partial charge is 0.271 e. The Labute approximate surface area is 95.0 Å². The predicted molar refractivity (Wildman–Crippen MR) is 65.5 cm³/mol. The van der Waals surface area contributed by atoms with Crippen LogP contribution in [0.15, 0.2) is 0 Å². The van der Waals surface area contributed by atoms with Crippen LogP contribution in [0.25, 0.3) is 0 Å². The van der Waals surface area contributed by atoms with Crippen molar-refractivity contribution in [3.05, 3.63) is 0 Å². The Kier molecular flexibility index (Phi) is 2.75. The fourth-order valence-electron chi connectivity index (χ4n) is 2.68. The van der Waals surface area contributed by atoms with Crippen LogP contribution in [0.2, 0.25) is 0 Å². The molecular formula is C12H27N3. The van der Waals surface area contributed by atoms with Gasteiger partial charge in [-0.3, -0.25) is 14.7 Å². The SMILES string of the molecule is CN1C(C)(C)N(C)C(C)(C)N(C)C1(C)C. The third kappa shape index (κ3) is 1.52. The minimum Gasteiger partial charge on any atom is -0.271 e. The first kappa shape index (κ1) is 12.9. The van der Waals surface area contributed by atoms with E-state index >= 15 is 0 Å². The zero-order valence-corrected chi connectivity index (χ0v) is 11.8. The average Bonchev–Trinajstić information content (AvgIpc) is 2.12. The van der Waals surface area contributed by atoms with Gasteiger partial charge in [0, 0.05) is 0 Å². The number of hydrogen-bond donors (Lipinski definition) is 0. The van der Waals surface area contributed by atoms with Gasteiger partial charge in [-0.2, -0.15) is 0 Å². The van der Waals surface area contributed by atoms with Crippen LogP contribution in [-0.4, -0.2) is 52.8 Å². The summed E-state index contributed by atoms with van der Waals surface area (Å²) in [5, 5.41) is 0. The first-order valence-electron chi connectivity index (χ1n) is 5.68. The molecule has 0 aromatic rings. The normalized spacial score (nSPS) is 31.8. The van der Waals surface area contributed by atoms with E-state index in [9.17, 15) is 0 Å². The van der Waals surface area contributed by atoms with E-state index in [1.54, 1.807) is 0 Å². The van der Waals surface area contributed by atoms with Crippen LogP contribution >= 0.6 is 0 Å². The third-order valence-corrected chi connectivity index (χ3v) is 4.92. The standard InChI is InChI=1S/C12H27N3/c1-10(2)13(7)11(3,4)15(9)12(5,6)14(10)8/h1-9H3. The first-order valence-corrected chi connectivity index (χ1v) is 5.68. The van der Waals surface area contributed by atoms with Crippen molar-refractivity contribution >= 4 is 0 Å². The lowest BCUT2D eigenvalue weighted by atomic mass is 9.94. The van der Waals surface area contributed by atoms with Gasteiger partial charge in [-0.05, 0) is 62.7 Å². The Bertz CT molecular complexity index is 195. The highest BCUT2D eigenvalue weighted by molar-refractivity contribution is 5.01. The van der Waals surface area contributed by atoms with Crippen LogP contribution in [0.5, 0.6) is 0 Å². The molecule has 0 aromatic heterocycles. The highest BCUT2D eigenvalue weighted by Gasteiger charge is 2.53. The summed E-state index contributed by atoms with van der Waals surface area (Å²) in [5.74, 6) is 0. The Balaban J connectivity index is 3.24. The van der Waals surface area contributed by atoms with Gasteiger partial charge in [0.2, 0.25) is 0 Å². The van der Waals surface area contributed by atoms with Gasteiger partial charge >= 0.3 is 0 Å². The Morgan fingerprint density at radius 1 is 0.467 bits per heavy atom. The monoisotopic (exact) mass is 213 g/mol. The lowest BCUT2D eigenvalue weighted by molar-refractivity contribution is -0.257. The summed E-state index contributed by atoms with van der Waals surface area (Å²) in [7, 11) is 6.59. The molecule has 1 heterocycles. The van der Waals surface area contributed by atoms with Crippen LogP contribution in [0.1, 0.15) is 41.5 Å². The molecule has 1 saturated heterocycles. The van der Waals surface area contributed by atoms with Gasteiger partial charge in [-0.15, -0.1) is 0 Å². The zero-order chi connectivity index (χ0) is 12.2. The third-order valence-electron chi connectivity index (χ3n) is 4.92. The summed E-state index contributed by atoms with van der Waals surface area (Å²) in [6.07, 6.45) is 0. The van der Waals surface area contributed by atoms with Crippen molar-refractivity contribution in [1.82, 2.24) is 14.7 Å². The van der Waals surface area contributed by atoms with Crippen molar-refractivity contribution in [2.45, 2.75) is 58.5 Å². The highest BCUT2D eigenvalue weighted by Crippen LogP contribution is 2.41. The molecule has 0 bridgehead atoms. The van der Waals surface area contributed by atoms with E-state index in [4.69, 9.17) is 0 Å². The molecule has 1 fully saturated rings. The van der Waals surface area contributed by atoms with Gasteiger partial charge in [-0.25, -0.2) is 0 Å². The Morgan fingerprint density at radius 3 is 0.733 bits per heavy atom. The zero-order valence-electron chi connectivity index (χ0n) is 11.8. The topological polar surface area (TPSA) is 9.72 Å². The maximum atomic E-state index is 2.42. The molecule has 0 unspecified atom stereocenters. The Morgan fingerprint density at radius 2 is 0.600 bits per heavy atom. The van der Waals surface area contributed by atoms with Crippen molar-refractivity contribution in [3.8, 4) is 0 Å². The summed E-state index contributed by atoms with van der Waals surface area (Å²) in [5.41, 5.74) is 0.207. The van der Waals surface area contributed by atoms with Gasteiger partial charge in [0.05, 0.1) is 17.0 Å². The molecule has 1 rings (SSSR count). The molecule has 0 aromatic carbocycles. The molecule has 90 valence electrons. The van der Waals surface area contributed by atoms with E-state index < -0.39 is 0 Å². The van der Waals surface area contributed by atoms with Gasteiger partial charge in [0.25, 0.3) is 0 Å². The summed E-state index contributed by atoms with van der Waals surface area (Å²) in [6.45, 7) is 13.7. The van der Waals surface area contributed by atoms with Crippen molar-refractivity contribution < 1.29 is 0 Å². The number of hydrogen-bond acceptors (Lipinski definition) is 3. The van der Waals surface area contributed by atoms with Gasteiger partial charge in [0.15, 0.2) is 0 Å². The van der Waals surface area contributed by atoms with Gasteiger partial charge < -0.3 is 0 Å². The molecule has 1 aliphatic heterocycles. The van der Waals surface area contributed by atoms with Crippen molar-refractivity contribution in [3.63, 3.8) is 0 Å². The average molecular weight is 213 g/mol. The van der Waals surface area contributed by atoms with Crippen molar-refractivity contribution in [2.75, 3.05) is 21.1 Å². The van der Waals surface area contributed by atoms with E-state index in [1.807, 2.05) is 0 Å². The smallest absolute Gasteiger partial charge is 0.0704 e. The fraction of sp³-hybridized carbons (Fsp3) is 1.00. The fourth-order valence-corrected chi connectivity index (χ4v) is 2.68. The maximum Gasteiger partial charge on any atom is 0.0704 e. The van der Waals surface area contributed by atoms with Crippen LogP contribution in [0, 0.1) is 0 Å². The summed E-state index contributed by atoms with van der Waals surface area (Å²) in [4.78, 5) is 7.27.